The lowest BCUT2D eigenvalue weighted by molar-refractivity contribution is -0.138. The second kappa shape index (κ2) is 6.79. The van der Waals surface area contributed by atoms with E-state index in [1.807, 2.05) is 42.5 Å². The van der Waals surface area contributed by atoms with Gasteiger partial charge in [-0.3, -0.25) is 4.79 Å². The quantitative estimate of drug-likeness (QED) is 0.886. The van der Waals surface area contributed by atoms with Gasteiger partial charge in [0.05, 0.1) is 20.1 Å². The van der Waals surface area contributed by atoms with E-state index in [9.17, 15) is 9.90 Å². The first kappa shape index (κ1) is 14.9. The van der Waals surface area contributed by atoms with Gasteiger partial charge in [-0.25, -0.2) is 0 Å². The molecular formula is C17H18O4. The van der Waals surface area contributed by atoms with Gasteiger partial charge in [0.2, 0.25) is 0 Å². The van der Waals surface area contributed by atoms with Crippen molar-refractivity contribution in [3.8, 4) is 11.5 Å². The molecule has 0 fully saturated rings. The third-order valence-corrected chi connectivity index (χ3v) is 3.42. The summed E-state index contributed by atoms with van der Waals surface area (Å²) in [4.78, 5) is 11.6. The summed E-state index contributed by atoms with van der Waals surface area (Å²) in [6.07, 6.45) is 0.368. The fourth-order valence-electron chi connectivity index (χ4n) is 2.27. The van der Waals surface area contributed by atoms with E-state index < -0.39 is 11.9 Å². The average Bonchev–Trinajstić information content (AvgIpc) is 2.53. The van der Waals surface area contributed by atoms with Crippen LogP contribution in [0.2, 0.25) is 0 Å². The molecule has 0 amide bonds. The predicted octanol–water partition coefficient (Wildman–Crippen LogP) is 3.11. The summed E-state index contributed by atoms with van der Waals surface area (Å²) in [5, 5.41) is 9.49. The number of hydrogen-bond donors (Lipinski definition) is 1. The van der Waals surface area contributed by atoms with Crippen LogP contribution in [0, 0.1) is 0 Å². The number of hydrogen-bond acceptors (Lipinski definition) is 3. The first-order chi connectivity index (χ1) is 10.2. The molecule has 0 radical (unpaired) electrons. The smallest absolute Gasteiger partial charge is 0.311 e. The van der Waals surface area contributed by atoms with Gasteiger partial charge >= 0.3 is 5.97 Å². The SMILES string of the molecule is COc1ccc(CC(C(=O)O)c2ccccc2)c(OC)c1. The maximum Gasteiger partial charge on any atom is 0.311 e. The molecule has 1 N–H and O–H groups in total. The van der Waals surface area contributed by atoms with Crippen molar-refractivity contribution in [1.29, 1.82) is 0 Å². The Hall–Kier alpha value is -2.49. The Morgan fingerprint density at radius 1 is 1.10 bits per heavy atom. The van der Waals surface area contributed by atoms with Crippen molar-refractivity contribution in [2.75, 3.05) is 14.2 Å². The van der Waals surface area contributed by atoms with Gasteiger partial charge in [0, 0.05) is 6.07 Å². The first-order valence-electron chi connectivity index (χ1n) is 6.64. The zero-order valence-corrected chi connectivity index (χ0v) is 12.1. The van der Waals surface area contributed by atoms with Crippen LogP contribution >= 0.6 is 0 Å². The lowest BCUT2D eigenvalue weighted by atomic mass is 9.91. The molecule has 0 spiro atoms. The van der Waals surface area contributed by atoms with E-state index in [0.29, 0.717) is 17.9 Å². The van der Waals surface area contributed by atoms with Crippen LogP contribution in [-0.4, -0.2) is 25.3 Å². The second-order valence-corrected chi connectivity index (χ2v) is 4.68. The Balaban J connectivity index is 2.31. The number of benzene rings is 2. The number of carboxylic acids is 1. The minimum atomic E-state index is -0.848. The molecule has 1 unspecified atom stereocenters. The molecule has 2 aromatic carbocycles. The van der Waals surface area contributed by atoms with Crippen LogP contribution in [0.25, 0.3) is 0 Å². The molecular weight excluding hydrogens is 268 g/mol. The Morgan fingerprint density at radius 2 is 1.81 bits per heavy atom. The van der Waals surface area contributed by atoms with Crippen molar-refractivity contribution in [3.05, 3.63) is 59.7 Å². The first-order valence-corrected chi connectivity index (χ1v) is 6.64. The van der Waals surface area contributed by atoms with Gasteiger partial charge in [-0.1, -0.05) is 36.4 Å². The molecule has 2 aromatic rings. The van der Waals surface area contributed by atoms with Gasteiger partial charge in [0.25, 0.3) is 0 Å². The highest BCUT2D eigenvalue weighted by molar-refractivity contribution is 5.76. The lowest BCUT2D eigenvalue weighted by Gasteiger charge is -2.16. The maximum absolute atomic E-state index is 11.6. The van der Waals surface area contributed by atoms with Crippen LogP contribution in [-0.2, 0) is 11.2 Å². The number of aliphatic carboxylic acids is 1. The zero-order valence-electron chi connectivity index (χ0n) is 12.1. The third-order valence-electron chi connectivity index (χ3n) is 3.42. The molecule has 0 aliphatic carbocycles. The van der Waals surface area contributed by atoms with Crippen LogP contribution in [0.5, 0.6) is 11.5 Å². The number of methoxy groups -OCH3 is 2. The van der Waals surface area contributed by atoms with E-state index in [1.165, 1.54) is 0 Å². The summed E-state index contributed by atoms with van der Waals surface area (Å²) >= 11 is 0. The summed E-state index contributed by atoms with van der Waals surface area (Å²) in [5.41, 5.74) is 1.62. The molecule has 0 saturated carbocycles. The molecule has 21 heavy (non-hydrogen) atoms. The fraction of sp³-hybridized carbons (Fsp3) is 0.235. The number of carboxylic acid groups (broad SMARTS) is 1. The normalized spacial score (nSPS) is 11.7. The van der Waals surface area contributed by atoms with Crippen LogP contribution in [0.3, 0.4) is 0 Å². The molecule has 0 aliphatic rings. The second-order valence-electron chi connectivity index (χ2n) is 4.68. The predicted molar refractivity (Wildman–Crippen MR) is 80.1 cm³/mol. The molecule has 0 heterocycles. The molecule has 0 bridgehead atoms. The van der Waals surface area contributed by atoms with Gasteiger partial charge in [0.15, 0.2) is 0 Å². The largest absolute Gasteiger partial charge is 0.497 e. The minimum Gasteiger partial charge on any atom is -0.497 e. The van der Waals surface area contributed by atoms with Gasteiger partial charge in [-0.15, -0.1) is 0 Å². The highest BCUT2D eigenvalue weighted by atomic mass is 16.5. The minimum absolute atomic E-state index is 0.368. The summed E-state index contributed by atoms with van der Waals surface area (Å²) in [7, 11) is 3.15. The van der Waals surface area contributed by atoms with Crippen molar-refractivity contribution in [3.63, 3.8) is 0 Å². The van der Waals surface area contributed by atoms with Crippen molar-refractivity contribution >= 4 is 5.97 Å². The Bertz CT molecular complexity index is 607. The molecule has 110 valence electrons. The van der Waals surface area contributed by atoms with E-state index in [4.69, 9.17) is 9.47 Å². The monoisotopic (exact) mass is 286 g/mol. The van der Waals surface area contributed by atoms with Crippen molar-refractivity contribution in [2.45, 2.75) is 12.3 Å². The summed E-state index contributed by atoms with van der Waals surface area (Å²) < 4.78 is 10.5. The van der Waals surface area contributed by atoms with Gasteiger partial charge in [-0.2, -0.15) is 0 Å². The van der Waals surface area contributed by atoms with E-state index >= 15 is 0 Å². The number of rotatable bonds is 6. The Labute approximate surface area is 123 Å². The highest BCUT2D eigenvalue weighted by Crippen LogP contribution is 2.30. The highest BCUT2D eigenvalue weighted by Gasteiger charge is 2.22. The number of ether oxygens (including phenoxy) is 2. The van der Waals surface area contributed by atoms with Gasteiger partial charge in [0.1, 0.15) is 11.5 Å². The molecule has 1 atom stereocenters. The summed E-state index contributed by atoms with van der Waals surface area (Å²) in [6.45, 7) is 0. The Kier molecular flexibility index (Phi) is 4.82. The van der Waals surface area contributed by atoms with Crippen molar-refractivity contribution in [2.24, 2.45) is 0 Å². The maximum atomic E-state index is 11.6. The zero-order chi connectivity index (χ0) is 15.2. The van der Waals surface area contributed by atoms with Crippen molar-refractivity contribution < 1.29 is 19.4 Å². The van der Waals surface area contributed by atoms with E-state index in [0.717, 1.165) is 11.1 Å². The topological polar surface area (TPSA) is 55.8 Å². The van der Waals surface area contributed by atoms with Crippen LogP contribution in [0.1, 0.15) is 17.0 Å². The van der Waals surface area contributed by atoms with Crippen LogP contribution in [0.15, 0.2) is 48.5 Å². The Morgan fingerprint density at radius 3 is 2.38 bits per heavy atom. The van der Waals surface area contributed by atoms with E-state index in [2.05, 4.69) is 0 Å². The summed E-state index contributed by atoms with van der Waals surface area (Å²) in [5.74, 6) is -0.133. The van der Waals surface area contributed by atoms with Crippen LogP contribution < -0.4 is 9.47 Å². The molecule has 4 heteroatoms. The molecule has 0 aromatic heterocycles. The van der Waals surface area contributed by atoms with Crippen molar-refractivity contribution in [1.82, 2.24) is 0 Å². The molecule has 2 rings (SSSR count). The molecule has 4 nitrogen and oxygen atoms in total. The van der Waals surface area contributed by atoms with E-state index in [1.54, 1.807) is 20.3 Å². The number of carbonyl (C=O) groups is 1. The van der Waals surface area contributed by atoms with Gasteiger partial charge in [-0.05, 0) is 23.6 Å². The molecule has 0 aliphatic heterocycles. The standard InChI is InChI=1S/C17H18O4/c1-20-14-9-8-13(16(11-14)21-2)10-15(17(18)19)12-6-4-3-5-7-12/h3-9,11,15H,10H2,1-2H3,(H,18,19). The summed E-state index contributed by atoms with van der Waals surface area (Å²) in [6, 6.07) is 14.6. The van der Waals surface area contributed by atoms with E-state index in [-0.39, 0.29) is 0 Å². The third kappa shape index (κ3) is 3.54. The lowest BCUT2D eigenvalue weighted by Crippen LogP contribution is -2.14. The molecule has 0 saturated heterocycles. The average molecular weight is 286 g/mol. The fourth-order valence-corrected chi connectivity index (χ4v) is 2.27. The van der Waals surface area contributed by atoms with Gasteiger partial charge < -0.3 is 14.6 Å². The van der Waals surface area contributed by atoms with Crippen LogP contribution in [0.4, 0.5) is 0 Å².